The van der Waals surface area contributed by atoms with Crippen LogP contribution in [0.15, 0.2) is 81.1 Å². The summed E-state index contributed by atoms with van der Waals surface area (Å²) in [7, 11) is -3.83. The fourth-order valence-corrected chi connectivity index (χ4v) is 4.81. The quantitative estimate of drug-likeness (QED) is 0.550. The molecule has 1 saturated heterocycles. The Balaban J connectivity index is 1.58. The van der Waals surface area contributed by atoms with E-state index in [0.717, 1.165) is 24.0 Å². The van der Waals surface area contributed by atoms with Crippen molar-refractivity contribution in [2.45, 2.75) is 42.4 Å². The van der Waals surface area contributed by atoms with Crippen LogP contribution in [0.4, 0.5) is 0 Å². The molecule has 0 bridgehead atoms. The maximum atomic E-state index is 13.3. The summed E-state index contributed by atoms with van der Waals surface area (Å²) in [6, 6.07) is 18.8. The summed E-state index contributed by atoms with van der Waals surface area (Å²) in [5, 5.41) is -0.241. The lowest BCUT2D eigenvalue weighted by Crippen LogP contribution is -2.36. The van der Waals surface area contributed by atoms with Crippen LogP contribution in [0.3, 0.4) is 0 Å². The number of ether oxygens (including phenoxy) is 1. The molecule has 3 aromatic rings. The van der Waals surface area contributed by atoms with Crippen LogP contribution in [-0.4, -0.2) is 38.5 Å². The van der Waals surface area contributed by atoms with Crippen molar-refractivity contribution < 1.29 is 22.4 Å². The summed E-state index contributed by atoms with van der Waals surface area (Å²) in [4.78, 5) is 15.1. The van der Waals surface area contributed by atoms with E-state index in [9.17, 15) is 13.2 Å². The molecule has 7 heteroatoms. The second kappa shape index (κ2) is 9.08. The minimum Gasteiger partial charge on any atom is -0.439 e. The van der Waals surface area contributed by atoms with Crippen LogP contribution in [-0.2, 0) is 21.1 Å². The number of nitrogens with zero attached hydrogens (tertiary/aromatic N) is 1. The van der Waals surface area contributed by atoms with Crippen LogP contribution in [0.2, 0.25) is 0 Å². The van der Waals surface area contributed by atoms with Gasteiger partial charge in [0.05, 0.1) is 11.0 Å². The molecule has 6 nitrogen and oxygen atoms in total. The Morgan fingerprint density at radius 3 is 2.45 bits per heavy atom. The van der Waals surface area contributed by atoms with Gasteiger partial charge in [-0.2, -0.15) is 0 Å². The maximum absolute atomic E-state index is 13.3. The van der Waals surface area contributed by atoms with Gasteiger partial charge in [0, 0.05) is 19.7 Å². The Labute approximate surface area is 182 Å². The topological polar surface area (TPSA) is 76.8 Å². The number of carbonyl (C=O) groups excluding carboxylic acids is 1. The smallest absolute Gasteiger partial charge is 0.290 e. The SMILES string of the molecule is Cc1ccc(CN(CC2CCCO2)C(=O)c2ccc(S(=O)(=O)c3ccccc3)o2)cc1. The number of carbonyl (C=O) groups is 1. The molecule has 162 valence electrons. The average molecular weight is 440 g/mol. The van der Waals surface area contributed by atoms with E-state index in [2.05, 4.69) is 0 Å². The molecular formula is C24H25NO5S. The van der Waals surface area contributed by atoms with Crippen LogP contribution in [0, 0.1) is 6.92 Å². The van der Waals surface area contributed by atoms with E-state index < -0.39 is 9.84 Å². The molecule has 0 spiro atoms. The molecule has 1 atom stereocenters. The zero-order chi connectivity index (χ0) is 21.8. The molecule has 1 unspecified atom stereocenters. The van der Waals surface area contributed by atoms with E-state index in [1.165, 1.54) is 24.3 Å². The third-order valence-electron chi connectivity index (χ3n) is 5.34. The van der Waals surface area contributed by atoms with Gasteiger partial charge in [-0.05, 0) is 49.6 Å². The first-order valence-corrected chi connectivity index (χ1v) is 11.8. The number of furan rings is 1. The summed E-state index contributed by atoms with van der Waals surface area (Å²) in [5.74, 6) is -0.356. The second-order valence-electron chi connectivity index (χ2n) is 7.74. The number of hydrogen-bond acceptors (Lipinski definition) is 5. The highest BCUT2D eigenvalue weighted by atomic mass is 32.2. The third-order valence-corrected chi connectivity index (χ3v) is 6.98. The molecule has 1 aliphatic heterocycles. The van der Waals surface area contributed by atoms with E-state index in [1.807, 2.05) is 31.2 Å². The van der Waals surface area contributed by atoms with Gasteiger partial charge < -0.3 is 14.1 Å². The van der Waals surface area contributed by atoms with Gasteiger partial charge in [-0.3, -0.25) is 4.79 Å². The van der Waals surface area contributed by atoms with Crippen molar-refractivity contribution in [3.63, 3.8) is 0 Å². The highest BCUT2D eigenvalue weighted by Gasteiger charge is 2.28. The first-order valence-electron chi connectivity index (χ1n) is 10.3. The molecule has 1 amide bonds. The number of rotatable bonds is 7. The van der Waals surface area contributed by atoms with Gasteiger partial charge in [-0.1, -0.05) is 48.0 Å². The lowest BCUT2D eigenvalue weighted by Gasteiger charge is -2.25. The highest BCUT2D eigenvalue weighted by Crippen LogP contribution is 2.24. The normalized spacial score (nSPS) is 16.4. The molecule has 2 heterocycles. The van der Waals surface area contributed by atoms with Crippen LogP contribution in [0.25, 0.3) is 0 Å². The predicted octanol–water partition coefficient (Wildman–Crippen LogP) is 4.24. The van der Waals surface area contributed by atoms with Crippen LogP contribution >= 0.6 is 0 Å². The third kappa shape index (κ3) is 4.89. The summed E-state index contributed by atoms with van der Waals surface area (Å²) < 4.78 is 36.9. The standard InChI is InChI=1S/C24H25NO5S/c1-18-9-11-19(12-10-18)16-25(17-20-6-5-15-29-20)24(26)22-13-14-23(30-22)31(27,28)21-7-3-2-4-8-21/h2-4,7-14,20H,5-6,15-17H2,1H3. The van der Waals surface area contributed by atoms with Crippen molar-refractivity contribution in [1.29, 1.82) is 0 Å². The fourth-order valence-electron chi connectivity index (χ4n) is 3.62. The largest absolute Gasteiger partial charge is 0.439 e. The summed E-state index contributed by atoms with van der Waals surface area (Å²) in [6.07, 6.45) is 1.83. The minimum absolute atomic E-state index is 0.000357. The minimum atomic E-state index is -3.83. The van der Waals surface area contributed by atoms with Crippen LogP contribution in [0.1, 0.15) is 34.5 Å². The molecule has 2 aromatic carbocycles. The zero-order valence-corrected chi connectivity index (χ0v) is 18.2. The molecule has 0 N–H and O–H groups in total. The van der Waals surface area contributed by atoms with Gasteiger partial charge >= 0.3 is 0 Å². The maximum Gasteiger partial charge on any atom is 0.290 e. The highest BCUT2D eigenvalue weighted by molar-refractivity contribution is 7.91. The van der Waals surface area contributed by atoms with Crippen molar-refractivity contribution in [3.05, 3.63) is 83.6 Å². The van der Waals surface area contributed by atoms with Gasteiger partial charge in [0.2, 0.25) is 14.9 Å². The van der Waals surface area contributed by atoms with Crippen LogP contribution in [0.5, 0.6) is 0 Å². The van der Waals surface area contributed by atoms with Crippen molar-refractivity contribution in [1.82, 2.24) is 4.90 Å². The molecule has 0 saturated carbocycles. The molecule has 1 aromatic heterocycles. The second-order valence-corrected chi connectivity index (χ2v) is 9.62. The summed E-state index contributed by atoms with van der Waals surface area (Å²) in [5.41, 5.74) is 2.13. The predicted molar refractivity (Wildman–Crippen MR) is 115 cm³/mol. The first kappa shape index (κ1) is 21.3. The molecule has 1 aliphatic rings. The Kier molecular flexibility index (Phi) is 6.25. The van der Waals surface area contributed by atoms with Crippen molar-refractivity contribution >= 4 is 15.7 Å². The van der Waals surface area contributed by atoms with E-state index in [4.69, 9.17) is 9.15 Å². The van der Waals surface area contributed by atoms with E-state index >= 15 is 0 Å². The van der Waals surface area contributed by atoms with E-state index in [-0.39, 0.29) is 27.8 Å². The van der Waals surface area contributed by atoms with Gasteiger partial charge in [0.25, 0.3) is 5.91 Å². The van der Waals surface area contributed by atoms with E-state index in [1.54, 1.807) is 23.1 Å². The Morgan fingerprint density at radius 2 is 1.77 bits per heavy atom. The van der Waals surface area contributed by atoms with Gasteiger partial charge in [-0.15, -0.1) is 0 Å². The summed E-state index contributed by atoms with van der Waals surface area (Å²) in [6.45, 7) is 3.52. The lowest BCUT2D eigenvalue weighted by atomic mass is 10.1. The van der Waals surface area contributed by atoms with Gasteiger partial charge in [0.1, 0.15) is 0 Å². The van der Waals surface area contributed by atoms with Gasteiger partial charge in [0.15, 0.2) is 5.76 Å². The van der Waals surface area contributed by atoms with Crippen LogP contribution < -0.4 is 0 Å². The monoisotopic (exact) mass is 439 g/mol. The molecule has 4 rings (SSSR count). The molecule has 31 heavy (non-hydrogen) atoms. The number of sulfone groups is 1. The fraction of sp³-hybridized carbons (Fsp3) is 0.292. The zero-order valence-electron chi connectivity index (χ0n) is 17.4. The molecule has 0 aliphatic carbocycles. The number of aryl methyl sites for hydroxylation is 1. The molecular weight excluding hydrogens is 414 g/mol. The van der Waals surface area contributed by atoms with Crippen molar-refractivity contribution in [2.75, 3.05) is 13.2 Å². The average Bonchev–Trinajstić information content (AvgIpc) is 3.47. The Hall–Kier alpha value is -2.90. The Bertz CT molecular complexity index is 1130. The Morgan fingerprint density at radius 1 is 1.03 bits per heavy atom. The van der Waals surface area contributed by atoms with Gasteiger partial charge in [-0.25, -0.2) is 8.42 Å². The number of hydrogen-bond donors (Lipinski definition) is 0. The number of benzene rings is 2. The van der Waals surface area contributed by atoms with Crippen molar-refractivity contribution in [3.8, 4) is 0 Å². The summed E-state index contributed by atoms with van der Waals surface area (Å²) >= 11 is 0. The lowest BCUT2D eigenvalue weighted by molar-refractivity contribution is 0.0480. The van der Waals surface area contributed by atoms with Crippen molar-refractivity contribution in [2.24, 2.45) is 0 Å². The van der Waals surface area contributed by atoms with E-state index in [0.29, 0.717) is 19.7 Å². The number of amides is 1. The first-order chi connectivity index (χ1) is 14.9. The molecule has 1 fully saturated rings. The molecule has 0 radical (unpaired) electrons.